The molecular formula is C32H43N3O3. The van der Waals surface area contributed by atoms with Crippen molar-refractivity contribution in [3.8, 4) is 17.0 Å². The highest BCUT2D eigenvalue weighted by molar-refractivity contribution is 5.99. The van der Waals surface area contributed by atoms with Crippen LogP contribution < -0.4 is 9.64 Å². The molecule has 2 fully saturated rings. The van der Waals surface area contributed by atoms with Crippen LogP contribution in [-0.4, -0.2) is 60.4 Å². The molecular weight excluding hydrogens is 474 g/mol. The number of benzene rings is 2. The Balaban J connectivity index is 0.00000294. The predicted molar refractivity (Wildman–Crippen MR) is 156 cm³/mol. The lowest BCUT2D eigenvalue weighted by molar-refractivity contribution is 0.0697. The summed E-state index contributed by atoms with van der Waals surface area (Å²) < 4.78 is 8.85. The number of carboxylic acid groups (broad SMARTS) is 1. The number of fused-ring (bicyclic) bond motifs is 5. The Morgan fingerprint density at radius 3 is 2.55 bits per heavy atom. The SMILES string of the molecule is C.CN(CCN1CCCCC1)c1cccc2c1OCCn1c-2c(C2CCCCC2)c2ccc(C(=O)O)cc21. The zero-order valence-electron chi connectivity index (χ0n) is 22.0. The van der Waals surface area contributed by atoms with Gasteiger partial charge in [0.15, 0.2) is 5.75 Å². The number of aromatic nitrogens is 1. The fraction of sp³-hybridized carbons (Fsp3) is 0.531. The molecule has 1 aliphatic carbocycles. The zero-order chi connectivity index (χ0) is 25.4. The van der Waals surface area contributed by atoms with E-state index < -0.39 is 5.97 Å². The van der Waals surface area contributed by atoms with Gasteiger partial charge >= 0.3 is 5.97 Å². The summed E-state index contributed by atoms with van der Waals surface area (Å²) in [4.78, 5) is 16.8. The van der Waals surface area contributed by atoms with Gasteiger partial charge in [-0.15, -0.1) is 0 Å². The summed E-state index contributed by atoms with van der Waals surface area (Å²) in [6, 6.07) is 12.3. The third-order valence-corrected chi connectivity index (χ3v) is 8.79. The van der Waals surface area contributed by atoms with Crippen molar-refractivity contribution in [1.82, 2.24) is 9.47 Å². The number of anilines is 1. The van der Waals surface area contributed by atoms with Crippen molar-refractivity contribution in [2.24, 2.45) is 0 Å². The van der Waals surface area contributed by atoms with Crippen molar-refractivity contribution in [1.29, 1.82) is 0 Å². The monoisotopic (exact) mass is 517 g/mol. The van der Waals surface area contributed by atoms with Gasteiger partial charge in [0.1, 0.15) is 6.61 Å². The highest BCUT2D eigenvalue weighted by Crippen LogP contribution is 2.49. The smallest absolute Gasteiger partial charge is 0.335 e. The van der Waals surface area contributed by atoms with Crippen molar-refractivity contribution < 1.29 is 14.6 Å². The van der Waals surface area contributed by atoms with Crippen molar-refractivity contribution in [3.63, 3.8) is 0 Å². The third-order valence-electron chi connectivity index (χ3n) is 8.79. The van der Waals surface area contributed by atoms with Crippen LogP contribution in [0, 0.1) is 0 Å². The third kappa shape index (κ3) is 4.91. The summed E-state index contributed by atoms with van der Waals surface area (Å²) in [5, 5.41) is 10.9. The maximum absolute atomic E-state index is 11.8. The molecule has 2 aliphatic heterocycles. The van der Waals surface area contributed by atoms with Crippen LogP contribution >= 0.6 is 0 Å². The zero-order valence-corrected chi connectivity index (χ0v) is 22.0. The summed E-state index contributed by atoms with van der Waals surface area (Å²) in [6.45, 7) is 5.75. The van der Waals surface area contributed by atoms with Gasteiger partial charge in [-0.2, -0.15) is 0 Å². The van der Waals surface area contributed by atoms with Crippen LogP contribution in [0.2, 0.25) is 0 Å². The fourth-order valence-corrected chi connectivity index (χ4v) is 6.83. The number of carboxylic acids is 1. The van der Waals surface area contributed by atoms with E-state index >= 15 is 0 Å². The number of ether oxygens (including phenoxy) is 1. The topological polar surface area (TPSA) is 57.9 Å². The van der Waals surface area contributed by atoms with Crippen molar-refractivity contribution in [2.75, 3.05) is 44.7 Å². The van der Waals surface area contributed by atoms with Crippen molar-refractivity contribution in [2.45, 2.75) is 71.3 Å². The number of rotatable bonds is 6. The van der Waals surface area contributed by atoms with Crippen LogP contribution in [0.4, 0.5) is 5.69 Å². The average Bonchev–Trinajstić information content (AvgIpc) is 3.13. The van der Waals surface area contributed by atoms with Crippen LogP contribution in [-0.2, 0) is 6.54 Å². The van der Waals surface area contributed by atoms with E-state index in [1.165, 1.54) is 81.1 Å². The van der Waals surface area contributed by atoms with Gasteiger partial charge in [0.05, 0.1) is 23.5 Å². The van der Waals surface area contributed by atoms with Crippen LogP contribution in [0.25, 0.3) is 22.2 Å². The standard InChI is InChI=1S/C31H39N3O3.CH4/c1-32(17-18-33-15-6-3-7-16-33)26-12-8-11-25-29-28(22-9-4-2-5-10-22)24-14-13-23(31(35)36)21-27(24)34(29)19-20-37-30(25)26;/h8,11-14,21-22H,2-7,9-10,15-20H2,1H3,(H,35,36);1H4. The van der Waals surface area contributed by atoms with E-state index in [0.717, 1.165) is 35.6 Å². The molecule has 0 amide bonds. The Labute approximate surface area is 227 Å². The van der Waals surface area contributed by atoms with Crippen molar-refractivity contribution in [3.05, 3.63) is 47.5 Å². The molecule has 1 saturated heterocycles. The highest BCUT2D eigenvalue weighted by atomic mass is 16.5. The van der Waals surface area contributed by atoms with Gasteiger partial charge < -0.3 is 24.2 Å². The van der Waals surface area contributed by atoms with Gasteiger partial charge in [-0.3, -0.25) is 0 Å². The number of nitrogens with zero attached hydrogens (tertiary/aromatic N) is 3. The summed E-state index contributed by atoms with van der Waals surface area (Å²) in [5.41, 5.74) is 6.30. The quantitative estimate of drug-likeness (QED) is 0.381. The van der Waals surface area contributed by atoms with Crippen LogP contribution in [0.5, 0.6) is 5.75 Å². The molecule has 1 saturated carbocycles. The molecule has 0 spiro atoms. The molecule has 0 bridgehead atoms. The number of piperidine rings is 1. The van der Waals surface area contributed by atoms with Gasteiger partial charge in [0.25, 0.3) is 0 Å². The first-order valence-electron chi connectivity index (χ1n) is 14.2. The number of aromatic carboxylic acids is 1. The van der Waals surface area contributed by atoms with E-state index in [4.69, 9.17) is 4.74 Å². The molecule has 6 nitrogen and oxygen atoms in total. The maximum atomic E-state index is 11.8. The van der Waals surface area contributed by atoms with E-state index in [0.29, 0.717) is 24.6 Å². The van der Waals surface area contributed by atoms with E-state index in [-0.39, 0.29) is 7.43 Å². The maximum Gasteiger partial charge on any atom is 0.335 e. The predicted octanol–water partition coefficient (Wildman–Crippen LogP) is 7.00. The molecule has 2 aromatic carbocycles. The van der Waals surface area contributed by atoms with Gasteiger partial charge in [-0.1, -0.05) is 45.2 Å². The number of para-hydroxylation sites is 1. The molecule has 3 aromatic rings. The van der Waals surface area contributed by atoms with Gasteiger partial charge in [-0.25, -0.2) is 4.79 Å². The lowest BCUT2D eigenvalue weighted by Gasteiger charge is -2.30. The molecule has 3 heterocycles. The van der Waals surface area contributed by atoms with Gasteiger partial charge in [0.2, 0.25) is 0 Å². The Bertz CT molecular complexity index is 1280. The Hall–Kier alpha value is -2.99. The minimum absolute atomic E-state index is 0. The normalized spacial score (nSPS) is 18.1. The Morgan fingerprint density at radius 2 is 1.79 bits per heavy atom. The molecule has 38 heavy (non-hydrogen) atoms. The number of likely N-dealkylation sites (tertiary alicyclic amines) is 1. The van der Waals surface area contributed by atoms with Crippen molar-refractivity contribution >= 4 is 22.6 Å². The van der Waals surface area contributed by atoms with E-state index in [1.54, 1.807) is 6.07 Å². The van der Waals surface area contributed by atoms with Crippen LogP contribution in [0.1, 0.15) is 80.6 Å². The minimum atomic E-state index is -0.875. The second-order valence-corrected chi connectivity index (χ2v) is 11.1. The lowest BCUT2D eigenvalue weighted by Crippen LogP contribution is -2.36. The molecule has 6 heteroatoms. The summed E-state index contributed by atoms with van der Waals surface area (Å²) in [5.74, 6) is 0.592. The average molecular weight is 518 g/mol. The largest absolute Gasteiger partial charge is 0.489 e. The molecule has 204 valence electrons. The van der Waals surface area contributed by atoms with E-state index in [2.05, 4.69) is 45.7 Å². The number of hydrogen-bond donors (Lipinski definition) is 1. The number of carbonyl (C=O) groups is 1. The van der Waals surface area contributed by atoms with Crippen LogP contribution in [0.3, 0.4) is 0 Å². The second-order valence-electron chi connectivity index (χ2n) is 11.1. The first kappa shape index (κ1) is 26.6. The summed E-state index contributed by atoms with van der Waals surface area (Å²) in [6.07, 6.45) is 10.2. The molecule has 6 rings (SSSR count). The molecule has 3 aliphatic rings. The molecule has 0 unspecified atom stereocenters. The Morgan fingerprint density at radius 1 is 1.03 bits per heavy atom. The summed E-state index contributed by atoms with van der Waals surface area (Å²) in [7, 11) is 2.19. The number of hydrogen-bond acceptors (Lipinski definition) is 4. The van der Waals surface area contributed by atoms with Gasteiger partial charge in [-0.05, 0) is 74.5 Å². The molecule has 0 atom stereocenters. The minimum Gasteiger partial charge on any atom is -0.489 e. The lowest BCUT2D eigenvalue weighted by atomic mass is 9.81. The van der Waals surface area contributed by atoms with E-state index in [1.807, 2.05) is 6.07 Å². The Kier molecular flexibility index (Phi) is 7.98. The molecule has 1 aromatic heterocycles. The van der Waals surface area contributed by atoms with E-state index in [9.17, 15) is 9.90 Å². The molecule has 0 radical (unpaired) electrons. The highest BCUT2D eigenvalue weighted by Gasteiger charge is 2.31. The molecule has 1 N–H and O–H groups in total. The van der Waals surface area contributed by atoms with Crippen LogP contribution in [0.15, 0.2) is 36.4 Å². The fourth-order valence-electron chi connectivity index (χ4n) is 6.83. The first-order valence-corrected chi connectivity index (χ1v) is 14.2. The summed E-state index contributed by atoms with van der Waals surface area (Å²) >= 11 is 0. The second kappa shape index (κ2) is 11.4. The van der Waals surface area contributed by atoms with Gasteiger partial charge in [0, 0.05) is 36.6 Å². The number of likely N-dealkylation sites (N-methyl/N-ethyl adjacent to an activating group) is 1. The first-order chi connectivity index (χ1) is 18.1.